The standard InChI is InChI=1S/C11H11BrClN3O2S2/c1-6(2)10-14-4-3-9(15-10)16-20(17,18)11-7(12)5-8(13)19-11/h3-6H,1-2H3,(H,14,15,16). The average Bonchev–Trinajstić information content (AvgIpc) is 2.69. The van der Waals surface area contributed by atoms with Crippen LogP contribution in [0.1, 0.15) is 25.6 Å². The molecule has 0 saturated heterocycles. The fourth-order valence-electron chi connectivity index (χ4n) is 1.40. The third kappa shape index (κ3) is 3.49. The molecule has 0 spiro atoms. The van der Waals surface area contributed by atoms with Crippen LogP contribution in [0.4, 0.5) is 5.82 Å². The molecule has 0 fully saturated rings. The van der Waals surface area contributed by atoms with E-state index in [1.54, 1.807) is 6.07 Å². The maximum atomic E-state index is 12.3. The summed E-state index contributed by atoms with van der Waals surface area (Å²) in [6.45, 7) is 3.87. The normalized spacial score (nSPS) is 11.8. The summed E-state index contributed by atoms with van der Waals surface area (Å²) in [6, 6.07) is 3.05. The Hall–Kier alpha value is -0.700. The second-order valence-corrected chi connectivity index (χ2v) is 8.66. The molecule has 0 aliphatic heterocycles. The van der Waals surface area contributed by atoms with Gasteiger partial charge in [-0.15, -0.1) is 11.3 Å². The highest BCUT2D eigenvalue weighted by Gasteiger charge is 2.22. The maximum Gasteiger partial charge on any atom is 0.273 e. The summed E-state index contributed by atoms with van der Waals surface area (Å²) in [6.07, 6.45) is 1.52. The smallest absolute Gasteiger partial charge is 0.263 e. The average molecular weight is 397 g/mol. The van der Waals surface area contributed by atoms with Gasteiger partial charge in [-0.3, -0.25) is 4.72 Å². The number of nitrogens with zero attached hydrogens (tertiary/aromatic N) is 2. The van der Waals surface area contributed by atoms with E-state index in [1.165, 1.54) is 12.3 Å². The third-order valence-electron chi connectivity index (χ3n) is 2.30. The molecule has 1 N–H and O–H groups in total. The number of halogens is 2. The number of sulfonamides is 1. The Kier molecular flexibility index (Phi) is 4.68. The van der Waals surface area contributed by atoms with Crippen molar-refractivity contribution in [1.82, 2.24) is 9.97 Å². The van der Waals surface area contributed by atoms with E-state index < -0.39 is 10.0 Å². The molecular weight excluding hydrogens is 386 g/mol. The Bertz CT molecular complexity index is 731. The summed E-state index contributed by atoms with van der Waals surface area (Å²) in [5.74, 6) is 0.927. The van der Waals surface area contributed by atoms with Gasteiger partial charge in [0, 0.05) is 12.1 Å². The lowest BCUT2D eigenvalue weighted by Crippen LogP contribution is -2.14. The van der Waals surface area contributed by atoms with Crippen molar-refractivity contribution in [3.05, 3.63) is 33.0 Å². The number of thiophene rings is 1. The number of anilines is 1. The molecule has 2 heterocycles. The van der Waals surface area contributed by atoms with Gasteiger partial charge in [-0.25, -0.2) is 18.4 Å². The molecule has 0 saturated carbocycles. The van der Waals surface area contributed by atoms with Gasteiger partial charge < -0.3 is 0 Å². The van der Waals surface area contributed by atoms with Gasteiger partial charge in [0.15, 0.2) is 4.21 Å². The Balaban J connectivity index is 2.33. The van der Waals surface area contributed by atoms with E-state index in [4.69, 9.17) is 11.6 Å². The van der Waals surface area contributed by atoms with E-state index in [0.29, 0.717) is 14.6 Å². The molecule has 0 unspecified atom stereocenters. The molecule has 0 radical (unpaired) electrons. The lowest BCUT2D eigenvalue weighted by molar-refractivity contribution is 0.602. The molecule has 0 aromatic carbocycles. The summed E-state index contributed by atoms with van der Waals surface area (Å²) >= 11 is 9.97. The number of hydrogen-bond acceptors (Lipinski definition) is 5. The molecule has 108 valence electrons. The minimum absolute atomic E-state index is 0.113. The highest BCUT2D eigenvalue weighted by Crippen LogP contribution is 2.35. The molecular formula is C11H11BrClN3O2S2. The van der Waals surface area contributed by atoms with Crippen LogP contribution in [0.25, 0.3) is 0 Å². The maximum absolute atomic E-state index is 12.3. The first-order valence-corrected chi connectivity index (χ1v) is 9.07. The lowest BCUT2D eigenvalue weighted by Gasteiger charge is -2.08. The molecule has 0 amide bonds. The highest BCUT2D eigenvalue weighted by atomic mass is 79.9. The third-order valence-corrected chi connectivity index (χ3v) is 6.60. The first-order valence-electron chi connectivity index (χ1n) is 5.60. The van der Waals surface area contributed by atoms with Gasteiger partial charge in [0.1, 0.15) is 11.6 Å². The minimum atomic E-state index is -3.72. The van der Waals surface area contributed by atoms with Gasteiger partial charge in [-0.2, -0.15) is 0 Å². The molecule has 0 atom stereocenters. The van der Waals surface area contributed by atoms with Gasteiger partial charge in [0.2, 0.25) is 0 Å². The van der Waals surface area contributed by atoms with Crippen LogP contribution >= 0.6 is 38.9 Å². The van der Waals surface area contributed by atoms with Crippen molar-refractivity contribution in [1.29, 1.82) is 0 Å². The predicted octanol–water partition coefficient (Wildman–Crippen LogP) is 3.88. The van der Waals surface area contributed by atoms with Crippen molar-refractivity contribution in [2.24, 2.45) is 0 Å². The van der Waals surface area contributed by atoms with Crippen molar-refractivity contribution >= 4 is 54.7 Å². The van der Waals surface area contributed by atoms with Crippen LogP contribution in [0.15, 0.2) is 27.0 Å². The first kappa shape index (κ1) is 15.7. The molecule has 20 heavy (non-hydrogen) atoms. The van der Waals surface area contributed by atoms with Gasteiger partial charge in [-0.05, 0) is 28.1 Å². The van der Waals surface area contributed by atoms with Crippen LogP contribution in [0, 0.1) is 0 Å². The zero-order valence-corrected chi connectivity index (χ0v) is 14.6. The van der Waals surface area contributed by atoms with E-state index >= 15 is 0 Å². The molecule has 2 rings (SSSR count). The Morgan fingerprint density at radius 3 is 2.70 bits per heavy atom. The van der Waals surface area contributed by atoms with Crippen molar-refractivity contribution in [2.45, 2.75) is 24.0 Å². The topological polar surface area (TPSA) is 72.0 Å². The Labute approximate surface area is 134 Å². The van der Waals surface area contributed by atoms with Crippen molar-refractivity contribution < 1.29 is 8.42 Å². The predicted molar refractivity (Wildman–Crippen MR) is 84.0 cm³/mol. The summed E-state index contributed by atoms with van der Waals surface area (Å²) in [5.41, 5.74) is 0. The van der Waals surface area contributed by atoms with E-state index in [9.17, 15) is 8.42 Å². The van der Waals surface area contributed by atoms with Crippen molar-refractivity contribution in [2.75, 3.05) is 4.72 Å². The van der Waals surface area contributed by atoms with Crippen LogP contribution in [0.2, 0.25) is 4.34 Å². The minimum Gasteiger partial charge on any atom is -0.263 e. The van der Waals surface area contributed by atoms with E-state index in [2.05, 4.69) is 30.6 Å². The number of rotatable bonds is 4. The summed E-state index contributed by atoms with van der Waals surface area (Å²) in [4.78, 5) is 8.26. The van der Waals surface area contributed by atoms with Gasteiger partial charge in [-0.1, -0.05) is 25.4 Å². The molecule has 2 aromatic heterocycles. The lowest BCUT2D eigenvalue weighted by atomic mass is 10.2. The second-order valence-electron chi connectivity index (χ2n) is 4.25. The number of hydrogen-bond donors (Lipinski definition) is 1. The van der Waals surface area contributed by atoms with Gasteiger partial charge in [0.25, 0.3) is 10.0 Å². The fraction of sp³-hybridized carbons (Fsp3) is 0.273. The van der Waals surface area contributed by atoms with E-state index in [0.717, 1.165) is 11.3 Å². The van der Waals surface area contributed by atoms with Gasteiger partial charge >= 0.3 is 0 Å². The second kappa shape index (κ2) is 5.97. The highest BCUT2D eigenvalue weighted by molar-refractivity contribution is 9.10. The monoisotopic (exact) mass is 395 g/mol. The van der Waals surface area contributed by atoms with Gasteiger partial charge in [0.05, 0.1) is 8.81 Å². The molecule has 2 aromatic rings. The summed E-state index contributed by atoms with van der Waals surface area (Å²) in [5, 5.41) is 0. The Morgan fingerprint density at radius 2 is 2.15 bits per heavy atom. The number of nitrogens with one attached hydrogen (secondary N) is 1. The molecule has 9 heteroatoms. The SMILES string of the molecule is CC(C)c1nccc(NS(=O)(=O)c2sc(Cl)cc2Br)n1. The van der Waals surface area contributed by atoms with Crippen LogP contribution in [-0.4, -0.2) is 18.4 Å². The van der Waals surface area contributed by atoms with E-state index in [-0.39, 0.29) is 15.9 Å². The largest absolute Gasteiger partial charge is 0.273 e. The van der Waals surface area contributed by atoms with Crippen LogP contribution in [-0.2, 0) is 10.0 Å². The zero-order valence-electron chi connectivity index (χ0n) is 10.6. The molecule has 5 nitrogen and oxygen atoms in total. The van der Waals surface area contributed by atoms with Crippen LogP contribution in [0.5, 0.6) is 0 Å². The van der Waals surface area contributed by atoms with Crippen LogP contribution in [0.3, 0.4) is 0 Å². The van der Waals surface area contributed by atoms with Crippen molar-refractivity contribution in [3.63, 3.8) is 0 Å². The molecule has 0 bridgehead atoms. The quantitative estimate of drug-likeness (QED) is 0.851. The first-order chi connectivity index (χ1) is 9.29. The summed E-state index contributed by atoms with van der Waals surface area (Å²) < 4.78 is 27.9. The van der Waals surface area contributed by atoms with Crippen LogP contribution < -0.4 is 4.72 Å². The zero-order chi connectivity index (χ0) is 14.9. The van der Waals surface area contributed by atoms with Crippen molar-refractivity contribution in [3.8, 4) is 0 Å². The fourth-order valence-corrected chi connectivity index (χ4v) is 5.41. The number of aromatic nitrogens is 2. The molecule has 0 aliphatic carbocycles. The molecule has 0 aliphatic rings. The summed E-state index contributed by atoms with van der Waals surface area (Å²) in [7, 11) is -3.72. The van der Waals surface area contributed by atoms with E-state index in [1.807, 2.05) is 13.8 Å². The Morgan fingerprint density at radius 1 is 1.45 bits per heavy atom.